The molecule has 23 heavy (non-hydrogen) atoms. The van der Waals surface area contributed by atoms with Crippen LogP contribution in [0.15, 0.2) is 29.3 Å². The van der Waals surface area contributed by atoms with Crippen molar-refractivity contribution in [3.63, 3.8) is 0 Å². The van der Waals surface area contributed by atoms with Gasteiger partial charge in [-0.15, -0.1) is 0 Å². The van der Waals surface area contributed by atoms with Crippen LogP contribution in [0.4, 0.5) is 0 Å². The second-order valence-electron chi connectivity index (χ2n) is 6.20. The molecule has 1 fully saturated rings. The van der Waals surface area contributed by atoms with Gasteiger partial charge in [0.2, 0.25) is 0 Å². The fourth-order valence-corrected chi connectivity index (χ4v) is 4.10. The van der Waals surface area contributed by atoms with Gasteiger partial charge in [0.25, 0.3) is 0 Å². The van der Waals surface area contributed by atoms with Crippen molar-refractivity contribution in [1.82, 2.24) is 10.2 Å². The van der Waals surface area contributed by atoms with E-state index in [2.05, 4.69) is 65.1 Å². The molecule has 0 saturated carbocycles. The summed E-state index contributed by atoms with van der Waals surface area (Å²) in [6.07, 6.45) is 0. The van der Waals surface area contributed by atoms with Crippen LogP contribution in [0.2, 0.25) is 0 Å². The molecule has 0 radical (unpaired) electrons. The quantitative estimate of drug-likeness (QED) is 0.663. The molecule has 1 aromatic rings. The number of ether oxygens (including phenoxy) is 1. The molecule has 0 spiro atoms. The fourth-order valence-electron chi connectivity index (χ4n) is 2.80. The number of hydrogen-bond acceptors (Lipinski definition) is 3. The number of thioether (sulfide) groups is 1. The Bertz CT molecular complexity index is 519. The molecular weight excluding hydrogens is 306 g/mol. The molecule has 1 unspecified atom stereocenters. The third-order valence-electron chi connectivity index (χ3n) is 4.20. The van der Waals surface area contributed by atoms with Crippen LogP contribution in [0.5, 0.6) is 0 Å². The lowest BCUT2D eigenvalue weighted by molar-refractivity contribution is 0.184. The third-order valence-corrected chi connectivity index (χ3v) is 5.74. The molecule has 0 amide bonds. The van der Waals surface area contributed by atoms with Crippen molar-refractivity contribution in [3.8, 4) is 0 Å². The van der Waals surface area contributed by atoms with Crippen LogP contribution in [-0.2, 0) is 17.9 Å². The summed E-state index contributed by atoms with van der Waals surface area (Å²) in [5.41, 5.74) is 2.49. The van der Waals surface area contributed by atoms with E-state index >= 15 is 0 Å². The van der Waals surface area contributed by atoms with Gasteiger partial charge in [-0.2, -0.15) is 11.8 Å². The Morgan fingerprint density at radius 1 is 1.39 bits per heavy atom. The smallest absolute Gasteiger partial charge is 0.193 e. The first kappa shape index (κ1) is 18.1. The normalized spacial score (nSPS) is 19.3. The molecule has 5 heteroatoms. The van der Waals surface area contributed by atoms with E-state index in [1.807, 2.05) is 7.05 Å². The van der Waals surface area contributed by atoms with E-state index in [0.29, 0.717) is 17.8 Å². The lowest BCUT2D eigenvalue weighted by Gasteiger charge is -2.36. The first-order valence-corrected chi connectivity index (χ1v) is 9.33. The third kappa shape index (κ3) is 5.15. The van der Waals surface area contributed by atoms with Crippen molar-refractivity contribution in [2.24, 2.45) is 10.9 Å². The van der Waals surface area contributed by atoms with Crippen molar-refractivity contribution >= 4 is 17.7 Å². The number of nitrogens with one attached hydrogen (secondary N) is 1. The first-order valence-electron chi connectivity index (χ1n) is 8.28. The molecular formula is C18H29N3OS. The predicted octanol–water partition coefficient (Wildman–Crippen LogP) is 2.98. The Labute approximate surface area is 144 Å². The van der Waals surface area contributed by atoms with Gasteiger partial charge in [-0.1, -0.05) is 38.1 Å². The highest BCUT2D eigenvalue weighted by Gasteiger charge is 2.24. The monoisotopic (exact) mass is 335 g/mol. The van der Waals surface area contributed by atoms with Crippen LogP contribution in [-0.4, -0.2) is 49.1 Å². The molecule has 1 atom stereocenters. The second-order valence-corrected chi connectivity index (χ2v) is 7.55. The average Bonchev–Trinajstić information content (AvgIpc) is 2.57. The molecule has 0 aliphatic carbocycles. The van der Waals surface area contributed by atoms with E-state index in [1.165, 1.54) is 16.9 Å². The van der Waals surface area contributed by atoms with Gasteiger partial charge < -0.3 is 15.0 Å². The standard InChI is InChI=1S/C18H29N3OS/c1-14(2)17-12-21(9-10-23-17)18(19-3)20-11-15-7-5-6-8-16(15)13-22-4/h5-8,14,17H,9-13H2,1-4H3,(H,19,20). The molecule has 1 aliphatic heterocycles. The van der Waals surface area contributed by atoms with E-state index in [9.17, 15) is 0 Å². The fraction of sp³-hybridized carbons (Fsp3) is 0.611. The first-order chi connectivity index (χ1) is 11.2. The zero-order valence-electron chi connectivity index (χ0n) is 14.7. The lowest BCUT2D eigenvalue weighted by atomic mass is 10.1. The molecule has 1 heterocycles. The summed E-state index contributed by atoms with van der Waals surface area (Å²) in [7, 11) is 3.61. The predicted molar refractivity (Wildman–Crippen MR) is 100 cm³/mol. The van der Waals surface area contributed by atoms with Crippen molar-refractivity contribution < 1.29 is 4.74 Å². The van der Waals surface area contributed by atoms with Crippen LogP contribution in [0, 0.1) is 5.92 Å². The van der Waals surface area contributed by atoms with Gasteiger partial charge >= 0.3 is 0 Å². The Morgan fingerprint density at radius 3 is 2.78 bits per heavy atom. The largest absolute Gasteiger partial charge is 0.380 e. The molecule has 0 bridgehead atoms. The van der Waals surface area contributed by atoms with E-state index in [0.717, 1.165) is 25.6 Å². The van der Waals surface area contributed by atoms with Crippen LogP contribution in [0.3, 0.4) is 0 Å². The number of guanidine groups is 1. The summed E-state index contributed by atoms with van der Waals surface area (Å²) in [6, 6.07) is 8.40. The Hall–Kier alpha value is -1.20. The Balaban J connectivity index is 1.98. The van der Waals surface area contributed by atoms with Gasteiger partial charge in [0.15, 0.2) is 5.96 Å². The molecule has 2 rings (SSSR count). The number of aliphatic imine (C=N–C) groups is 1. The number of rotatable bonds is 5. The molecule has 1 aliphatic rings. The van der Waals surface area contributed by atoms with Crippen molar-refractivity contribution in [1.29, 1.82) is 0 Å². The summed E-state index contributed by atoms with van der Waals surface area (Å²) in [6.45, 7) is 8.17. The topological polar surface area (TPSA) is 36.9 Å². The van der Waals surface area contributed by atoms with Gasteiger partial charge in [0.05, 0.1) is 6.61 Å². The minimum Gasteiger partial charge on any atom is -0.380 e. The number of methoxy groups -OCH3 is 1. The molecule has 128 valence electrons. The van der Waals surface area contributed by atoms with Crippen LogP contribution in [0.25, 0.3) is 0 Å². The maximum Gasteiger partial charge on any atom is 0.193 e. The maximum absolute atomic E-state index is 5.29. The van der Waals surface area contributed by atoms with Gasteiger partial charge in [-0.3, -0.25) is 4.99 Å². The molecule has 1 aromatic carbocycles. The number of hydrogen-bond donors (Lipinski definition) is 1. The summed E-state index contributed by atoms with van der Waals surface area (Å²) in [5, 5.41) is 4.21. The minimum atomic E-state index is 0.645. The highest BCUT2D eigenvalue weighted by atomic mass is 32.2. The summed E-state index contributed by atoms with van der Waals surface area (Å²) < 4.78 is 5.29. The van der Waals surface area contributed by atoms with Gasteiger partial charge in [-0.05, 0) is 17.0 Å². The maximum atomic E-state index is 5.29. The van der Waals surface area contributed by atoms with Gasteiger partial charge in [0, 0.05) is 44.8 Å². The SMILES string of the molecule is CN=C(NCc1ccccc1COC)N1CCSC(C(C)C)C1. The van der Waals surface area contributed by atoms with E-state index in [4.69, 9.17) is 4.74 Å². The molecule has 1 saturated heterocycles. The Morgan fingerprint density at radius 2 is 2.13 bits per heavy atom. The van der Waals surface area contributed by atoms with Gasteiger partial charge in [0.1, 0.15) is 0 Å². The summed E-state index contributed by atoms with van der Waals surface area (Å²) in [5.74, 6) is 2.87. The van der Waals surface area contributed by atoms with Crippen LogP contribution in [0.1, 0.15) is 25.0 Å². The van der Waals surface area contributed by atoms with Crippen molar-refractivity contribution in [2.45, 2.75) is 32.2 Å². The summed E-state index contributed by atoms with van der Waals surface area (Å²) in [4.78, 5) is 6.88. The number of nitrogens with zero attached hydrogens (tertiary/aromatic N) is 2. The molecule has 4 nitrogen and oxygen atoms in total. The molecule has 1 N–H and O–H groups in total. The highest BCUT2D eigenvalue weighted by molar-refractivity contribution is 8.00. The zero-order chi connectivity index (χ0) is 16.7. The number of benzene rings is 1. The van der Waals surface area contributed by atoms with Crippen molar-refractivity contribution in [2.75, 3.05) is 33.0 Å². The lowest BCUT2D eigenvalue weighted by Crippen LogP contribution is -2.48. The van der Waals surface area contributed by atoms with Crippen molar-refractivity contribution in [3.05, 3.63) is 35.4 Å². The van der Waals surface area contributed by atoms with E-state index in [1.54, 1.807) is 7.11 Å². The zero-order valence-corrected chi connectivity index (χ0v) is 15.5. The minimum absolute atomic E-state index is 0.645. The summed E-state index contributed by atoms with van der Waals surface area (Å²) >= 11 is 2.09. The average molecular weight is 336 g/mol. The van der Waals surface area contributed by atoms with E-state index in [-0.39, 0.29) is 0 Å². The second kappa shape index (κ2) is 9.18. The van der Waals surface area contributed by atoms with Gasteiger partial charge in [-0.25, -0.2) is 0 Å². The van der Waals surface area contributed by atoms with Crippen LogP contribution < -0.4 is 5.32 Å². The molecule has 0 aromatic heterocycles. The Kier molecular flexibility index (Phi) is 7.24. The highest BCUT2D eigenvalue weighted by Crippen LogP contribution is 2.24. The van der Waals surface area contributed by atoms with E-state index < -0.39 is 0 Å². The van der Waals surface area contributed by atoms with Crippen LogP contribution >= 0.6 is 11.8 Å².